The molecule has 0 saturated carbocycles. The van der Waals surface area contributed by atoms with Crippen LogP contribution in [0.3, 0.4) is 0 Å². The van der Waals surface area contributed by atoms with Crippen LogP contribution in [0.2, 0.25) is 5.02 Å². The lowest BCUT2D eigenvalue weighted by molar-refractivity contribution is -0.116. The van der Waals surface area contributed by atoms with E-state index in [1.807, 2.05) is 6.07 Å². The Bertz CT molecular complexity index is 1240. The second-order valence-corrected chi connectivity index (χ2v) is 7.68. The van der Waals surface area contributed by atoms with Gasteiger partial charge in [-0.05, 0) is 37.3 Å². The topological polar surface area (TPSA) is 85.6 Å². The fraction of sp³-hybridized carbons (Fsp3) is 0.318. The van der Waals surface area contributed by atoms with E-state index >= 15 is 0 Å². The number of hydrogen-bond donors (Lipinski definition) is 1. The smallest absolute Gasteiger partial charge is 0.331 e. The van der Waals surface area contributed by atoms with Crippen LogP contribution in [-0.2, 0) is 22.6 Å². The van der Waals surface area contributed by atoms with Crippen molar-refractivity contribution < 1.29 is 9.53 Å². The fourth-order valence-corrected chi connectivity index (χ4v) is 4.00. The first-order chi connectivity index (χ1) is 15.0. The second kappa shape index (κ2) is 8.95. The normalized spacial score (nSPS) is 14.1. The molecule has 0 bridgehead atoms. The summed E-state index contributed by atoms with van der Waals surface area (Å²) < 4.78 is 7.87. The number of ether oxygens (including phenoxy) is 1. The summed E-state index contributed by atoms with van der Waals surface area (Å²) >= 11 is 6.17. The highest BCUT2D eigenvalue weighted by Crippen LogP contribution is 2.30. The van der Waals surface area contributed by atoms with Crippen LogP contribution in [0.1, 0.15) is 6.92 Å². The Morgan fingerprint density at radius 1 is 1.10 bits per heavy atom. The molecule has 0 aliphatic carbocycles. The maximum Gasteiger partial charge on any atom is 0.331 e. The lowest BCUT2D eigenvalue weighted by atomic mass is 10.2. The summed E-state index contributed by atoms with van der Waals surface area (Å²) in [6, 6.07) is 12.1. The van der Waals surface area contributed by atoms with Gasteiger partial charge >= 0.3 is 5.69 Å². The molecule has 1 amide bonds. The number of morpholine rings is 1. The number of carbonyl (C=O) groups excluding carboxylic acids is 1. The van der Waals surface area contributed by atoms with Gasteiger partial charge in [0.05, 0.1) is 35.5 Å². The van der Waals surface area contributed by atoms with Gasteiger partial charge in [-0.15, -0.1) is 0 Å². The van der Waals surface area contributed by atoms with Crippen LogP contribution in [0.4, 0.5) is 11.4 Å². The summed E-state index contributed by atoms with van der Waals surface area (Å²) in [7, 11) is 0. The predicted octanol–water partition coefficient (Wildman–Crippen LogP) is 2.31. The van der Waals surface area contributed by atoms with Crippen molar-refractivity contribution in [2.75, 3.05) is 36.5 Å². The first kappa shape index (κ1) is 21.1. The van der Waals surface area contributed by atoms with E-state index in [9.17, 15) is 14.4 Å². The quantitative estimate of drug-likeness (QED) is 0.655. The number of halogens is 1. The number of anilines is 2. The third kappa shape index (κ3) is 4.22. The molecule has 1 aliphatic heterocycles. The number of benzene rings is 2. The van der Waals surface area contributed by atoms with E-state index in [-0.39, 0.29) is 24.6 Å². The van der Waals surface area contributed by atoms with Crippen LogP contribution in [0.25, 0.3) is 10.9 Å². The lowest BCUT2D eigenvalue weighted by Gasteiger charge is -2.30. The number of nitrogens with one attached hydrogen (secondary N) is 1. The van der Waals surface area contributed by atoms with Gasteiger partial charge in [0.15, 0.2) is 0 Å². The van der Waals surface area contributed by atoms with Crippen LogP contribution in [0.5, 0.6) is 0 Å². The van der Waals surface area contributed by atoms with Gasteiger partial charge in [0, 0.05) is 24.7 Å². The second-order valence-electron chi connectivity index (χ2n) is 7.24. The van der Waals surface area contributed by atoms with Crippen molar-refractivity contribution in [3.8, 4) is 0 Å². The number of aromatic nitrogens is 2. The van der Waals surface area contributed by atoms with Crippen LogP contribution in [-0.4, -0.2) is 41.3 Å². The number of nitrogens with zero attached hydrogens (tertiary/aromatic N) is 3. The first-order valence-electron chi connectivity index (χ1n) is 10.1. The summed E-state index contributed by atoms with van der Waals surface area (Å²) in [6.45, 7) is 4.34. The number of amides is 1. The molecule has 1 saturated heterocycles. The van der Waals surface area contributed by atoms with Gasteiger partial charge in [-0.3, -0.25) is 18.7 Å². The molecule has 8 nitrogen and oxygen atoms in total. The van der Waals surface area contributed by atoms with Gasteiger partial charge in [0.2, 0.25) is 5.91 Å². The molecule has 0 unspecified atom stereocenters. The summed E-state index contributed by atoms with van der Waals surface area (Å²) in [6.07, 6.45) is 0. The van der Waals surface area contributed by atoms with E-state index in [0.29, 0.717) is 47.9 Å². The number of rotatable bonds is 5. The predicted molar refractivity (Wildman–Crippen MR) is 121 cm³/mol. The molecular weight excluding hydrogens is 420 g/mol. The van der Waals surface area contributed by atoms with E-state index in [2.05, 4.69) is 10.2 Å². The van der Waals surface area contributed by atoms with Crippen molar-refractivity contribution in [1.82, 2.24) is 9.13 Å². The summed E-state index contributed by atoms with van der Waals surface area (Å²) in [4.78, 5) is 40.6. The third-order valence-corrected chi connectivity index (χ3v) is 5.57. The largest absolute Gasteiger partial charge is 0.378 e. The maximum absolute atomic E-state index is 13.0. The van der Waals surface area contributed by atoms with E-state index in [1.54, 1.807) is 43.3 Å². The molecule has 1 fully saturated rings. The molecule has 2 heterocycles. The minimum atomic E-state index is -0.513. The van der Waals surface area contributed by atoms with Crippen molar-refractivity contribution >= 4 is 39.8 Å². The zero-order chi connectivity index (χ0) is 22.0. The molecule has 31 heavy (non-hydrogen) atoms. The highest BCUT2D eigenvalue weighted by Gasteiger charge is 2.18. The molecule has 1 aliphatic rings. The van der Waals surface area contributed by atoms with Crippen molar-refractivity contribution in [1.29, 1.82) is 0 Å². The molecule has 3 aromatic rings. The van der Waals surface area contributed by atoms with Gasteiger partial charge < -0.3 is 15.0 Å². The van der Waals surface area contributed by atoms with Crippen molar-refractivity contribution in [2.45, 2.75) is 20.0 Å². The van der Waals surface area contributed by atoms with Crippen LogP contribution < -0.4 is 21.5 Å². The standard InChI is InChI=1S/C22H23ClN4O4/c1-2-26-21(29)16-5-3-4-6-18(16)27(22(26)30)14-20(28)24-17-13-15(23)7-8-19(17)25-9-11-31-12-10-25/h3-8,13H,2,9-12,14H2,1H3,(H,24,28). The van der Waals surface area contributed by atoms with Crippen molar-refractivity contribution in [3.05, 3.63) is 68.3 Å². The molecule has 0 spiro atoms. The molecule has 0 atom stereocenters. The molecule has 162 valence electrons. The van der Waals surface area contributed by atoms with E-state index in [0.717, 1.165) is 10.3 Å². The van der Waals surface area contributed by atoms with E-state index in [4.69, 9.17) is 16.3 Å². The van der Waals surface area contributed by atoms with Crippen LogP contribution in [0, 0.1) is 0 Å². The Hall–Kier alpha value is -3.10. The first-order valence-corrected chi connectivity index (χ1v) is 10.5. The lowest BCUT2D eigenvalue weighted by Crippen LogP contribution is -2.41. The van der Waals surface area contributed by atoms with Gasteiger partial charge in [-0.2, -0.15) is 0 Å². The van der Waals surface area contributed by atoms with E-state index < -0.39 is 5.69 Å². The Labute approximate surface area is 183 Å². The van der Waals surface area contributed by atoms with Crippen molar-refractivity contribution in [3.63, 3.8) is 0 Å². The molecule has 9 heteroatoms. The number of para-hydroxylation sites is 1. The Morgan fingerprint density at radius 3 is 2.58 bits per heavy atom. The average molecular weight is 443 g/mol. The highest BCUT2D eigenvalue weighted by atomic mass is 35.5. The average Bonchev–Trinajstić information content (AvgIpc) is 2.78. The minimum absolute atomic E-state index is 0.222. The van der Waals surface area contributed by atoms with Gasteiger partial charge in [-0.25, -0.2) is 4.79 Å². The number of hydrogen-bond acceptors (Lipinski definition) is 5. The number of fused-ring (bicyclic) bond motifs is 1. The maximum atomic E-state index is 13.0. The SMILES string of the molecule is CCn1c(=O)c2ccccc2n(CC(=O)Nc2cc(Cl)ccc2N2CCOCC2)c1=O. The molecule has 0 radical (unpaired) electrons. The Kier molecular flexibility index (Phi) is 6.11. The highest BCUT2D eigenvalue weighted by molar-refractivity contribution is 6.31. The fourth-order valence-electron chi connectivity index (χ4n) is 3.82. The minimum Gasteiger partial charge on any atom is -0.378 e. The Balaban J connectivity index is 1.68. The monoisotopic (exact) mass is 442 g/mol. The summed E-state index contributed by atoms with van der Waals surface area (Å²) in [5.74, 6) is -0.384. The van der Waals surface area contributed by atoms with E-state index in [1.165, 1.54) is 4.57 Å². The molecule has 4 rings (SSSR count). The number of carbonyl (C=O) groups is 1. The zero-order valence-electron chi connectivity index (χ0n) is 17.1. The summed E-state index contributed by atoms with van der Waals surface area (Å²) in [5, 5.41) is 3.78. The van der Waals surface area contributed by atoms with Gasteiger partial charge in [-0.1, -0.05) is 23.7 Å². The third-order valence-electron chi connectivity index (χ3n) is 5.33. The zero-order valence-corrected chi connectivity index (χ0v) is 17.9. The summed E-state index contributed by atoms with van der Waals surface area (Å²) in [5.41, 5.74) is 0.972. The molecule has 1 aromatic heterocycles. The van der Waals surface area contributed by atoms with Crippen LogP contribution >= 0.6 is 11.6 Å². The van der Waals surface area contributed by atoms with Gasteiger partial charge in [0.25, 0.3) is 5.56 Å². The van der Waals surface area contributed by atoms with Crippen LogP contribution in [0.15, 0.2) is 52.1 Å². The molecular formula is C22H23ClN4O4. The van der Waals surface area contributed by atoms with Gasteiger partial charge in [0.1, 0.15) is 6.54 Å². The molecule has 2 aromatic carbocycles. The van der Waals surface area contributed by atoms with Crippen molar-refractivity contribution in [2.24, 2.45) is 0 Å². The molecule has 1 N–H and O–H groups in total. The Morgan fingerprint density at radius 2 is 1.84 bits per heavy atom.